The van der Waals surface area contributed by atoms with Crippen LogP contribution < -0.4 is 19.5 Å². The molecular weight excluding hydrogens is 500 g/mol. The largest absolute Gasteiger partial charge is 0.496 e. The van der Waals surface area contributed by atoms with Crippen LogP contribution in [0, 0.1) is 6.57 Å². The van der Waals surface area contributed by atoms with Gasteiger partial charge in [-0.3, -0.25) is 19.4 Å². The number of nitrogens with zero attached hydrogens (tertiary/aromatic N) is 3. The predicted octanol–water partition coefficient (Wildman–Crippen LogP) is 4.61. The lowest BCUT2D eigenvalue weighted by Gasteiger charge is -2.38. The maximum atomic E-state index is 13.4. The lowest BCUT2D eigenvalue weighted by molar-refractivity contribution is -0.133. The second-order valence-electron chi connectivity index (χ2n) is 11.1. The molecule has 1 aromatic carbocycles. The molecule has 1 aromatic rings. The first-order valence-corrected chi connectivity index (χ1v) is 13.9. The second-order valence-corrected chi connectivity index (χ2v) is 11.1. The van der Waals surface area contributed by atoms with E-state index < -0.39 is 11.7 Å². The summed E-state index contributed by atoms with van der Waals surface area (Å²) in [5, 5.41) is 3.00. The summed E-state index contributed by atoms with van der Waals surface area (Å²) in [6, 6.07) is 3.82. The third kappa shape index (κ3) is 8.40. The first kappa shape index (κ1) is 30.4. The Morgan fingerprint density at radius 3 is 2.28 bits per heavy atom. The molecule has 1 aliphatic carbocycles. The summed E-state index contributed by atoms with van der Waals surface area (Å²) in [4.78, 5) is 33.3. The highest BCUT2D eigenvalue weighted by atomic mass is 16.6. The van der Waals surface area contributed by atoms with E-state index in [0.717, 1.165) is 44.1 Å². The first-order chi connectivity index (χ1) is 18.6. The van der Waals surface area contributed by atoms with E-state index in [1.54, 1.807) is 19.1 Å². The molecule has 2 aliphatic rings. The van der Waals surface area contributed by atoms with Crippen molar-refractivity contribution in [3.05, 3.63) is 29.1 Å². The quantitative estimate of drug-likeness (QED) is 0.430. The molecule has 3 rings (SSSR count). The molecule has 2 fully saturated rings. The minimum absolute atomic E-state index is 0.0216. The molecule has 0 unspecified atom stereocenters. The number of benzene rings is 1. The van der Waals surface area contributed by atoms with Crippen LogP contribution in [0.15, 0.2) is 12.1 Å². The molecule has 1 aliphatic heterocycles. The van der Waals surface area contributed by atoms with E-state index in [0.29, 0.717) is 36.9 Å². The number of methoxy groups -OCH3 is 2. The summed E-state index contributed by atoms with van der Waals surface area (Å²) < 4.78 is 22.6. The Morgan fingerprint density at radius 2 is 1.74 bits per heavy atom. The van der Waals surface area contributed by atoms with Gasteiger partial charge in [-0.1, -0.05) is 0 Å². The highest BCUT2D eigenvalue weighted by molar-refractivity contribution is 5.79. The fraction of sp³-hybridized carbons (Fsp3) is 0.690. The lowest BCUT2D eigenvalue weighted by atomic mass is 9.89. The monoisotopic (exact) mass is 544 g/mol. The third-order valence-corrected chi connectivity index (χ3v) is 7.22. The predicted molar refractivity (Wildman–Crippen MR) is 148 cm³/mol. The van der Waals surface area contributed by atoms with Crippen LogP contribution in [0.4, 0.5) is 4.79 Å². The zero-order valence-corrected chi connectivity index (χ0v) is 24.2. The van der Waals surface area contributed by atoms with Gasteiger partial charge in [0.2, 0.25) is 5.91 Å². The number of ether oxygens (including phenoxy) is 4. The number of hydrogen-bond acceptors (Lipinski definition) is 7. The second kappa shape index (κ2) is 13.7. The molecule has 0 aromatic heterocycles. The Kier molecular flexibility index (Phi) is 10.7. The highest BCUT2D eigenvalue weighted by Crippen LogP contribution is 2.37. The van der Waals surface area contributed by atoms with Crippen LogP contribution in [-0.2, 0) is 16.1 Å². The zero-order chi connectivity index (χ0) is 28.6. The molecule has 1 atom stereocenters. The van der Waals surface area contributed by atoms with Gasteiger partial charge in [-0.15, -0.1) is 0 Å². The van der Waals surface area contributed by atoms with Crippen molar-refractivity contribution in [1.29, 1.82) is 0 Å². The molecule has 216 valence electrons. The number of amides is 2. The average molecular weight is 545 g/mol. The Balaban J connectivity index is 1.80. The number of carbonyl (C=O) groups is 2. The fourth-order valence-corrected chi connectivity index (χ4v) is 5.38. The summed E-state index contributed by atoms with van der Waals surface area (Å²) in [6.07, 6.45) is 3.95. The van der Waals surface area contributed by atoms with Crippen molar-refractivity contribution in [3.8, 4) is 17.2 Å². The average Bonchev–Trinajstić information content (AvgIpc) is 3.37. The van der Waals surface area contributed by atoms with E-state index in [9.17, 15) is 9.59 Å². The molecule has 1 N–H and O–H groups in total. The maximum absolute atomic E-state index is 13.4. The number of rotatable bonds is 10. The van der Waals surface area contributed by atoms with Crippen LogP contribution in [-0.4, -0.2) is 79.6 Å². The Morgan fingerprint density at radius 1 is 1.10 bits per heavy atom. The van der Waals surface area contributed by atoms with Crippen LogP contribution in [0.25, 0.3) is 4.85 Å². The zero-order valence-electron chi connectivity index (χ0n) is 24.2. The molecule has 0 bridgehead atoms. The molecule has 2 amide bonds. The number of likely N-dealkylation sites (tertiary alicyclic amines) is 1. The Bertz CT molecular complexity index is 1000. The minimum atomic E-state index is -0.549. The van der Waals surface area contributed by atoms with Crippen LogP contribution in [0.2, 0.25) is 0 Å². The van der Waals surface area contributed by atoms with E-state index in [-0.39, 0.29) is 30.7 Å². The van der Waals surface area contributed by atoms with Gasteiger partial charge in [0.15, 0.2) is 0 Å². The van der Waals surface area contributed by atoms with Gasteiger partial charge in [-0.25, -0.2) is 11.4 Å². The summed E-state index contributed by atoms with van der Waals surface area (Å²) in [7, 11) is 3.23. The normalized spacial score (nSPS) is 21.3. The maximum Gasteiger partial charge on any atom is 0.407 e. The van der Waals surface area contributed by atoms with Crippen molar-refractivity contribution in [1.82, 2.24) is 15.1 Å². The molecule has 39 heavy (non-hydrogen) atoms. The number of carbonyl (C=O) groups excluding carboxylic acids is 2. The van der Waals surface area contributed by atoms with Crippen molar-refractivity contribution >= 4 is 12.0 Å². The summed E-state index contributed by atoms with van der Waals surface area (Å²) >= 11 is 0. The van der Waals surface area contributed by atoms with Crippen LogP contribution in [0.3, 0.4) is 0 Å². The van der Waals surface area contributed by atoms with Crippen molar-refractivity contribution in [2.24, 2.45) is 0 Å². The van der Waals surface area contributed by atoms with E-state index >= 15 is 0 Å². The van der Waals surface area contributed by atoms with Gasteiger partial charge in [0.1, 0.15) is 22.8 Å². The number of nitrogens with one attached hydrogen (secondary N) is 1. The SMILES string of the molecule is [C-]#[N+][C@@H]1CCCN1C(=O)CN(Cc1c(OC)cc(OCC)cc1OC)C1CCC(NC(=O)OC(C)(C)C)CC1. The number of alkyl carbamates (subject to hydrolysis) is 1. The highest BCUT2D eigenvalue weighted by Gasteiger charge is 2.36. The van der Waals surface area contributed by atoms with Crippen molar-refractivity contribution in [2.75, 3.05) is 33.9 Å². The van der Waals surface area contributed by atoms with Crippen molar-refractivity contribution in [3.63, 3.8) is 0 Å². The van der Waals surface area contributed by atoms with E-state index in [1.165, 1.54) is 0 Å². The van der Waals surface area contributed by atoms with Gasteiger partial charge in [0.05, 0.1) is 32.9 Å². The van der Waals surface area contributed by atoms with Crippen LogP contribution in [0.5, 0.6) is 17.2 Å². The van der Waals surface area contributed by atoms with Crippen molar-refractivity contribution < 1.29 is 28.5 Å². The van der Waals surface area contributed by atoms with Gasteiger partial charge in [0, 0.05) is 43.7 Å². The molecule has 1 saturated heterocycles. The first-order valence-electron chi connectivity index (χ1n) is 13.9. The molecule has 0 radical (unpaired) electrons. The molecule has 1 heterocycles. The van der Waals surface area contributed by atoms with Gasteiger partial charge >= 0.3 is 12.3 Å². The third-order valence-electron chi connectivity index (χ3n) is 7.22. The molecule has 10 heteroatoms. The molecule has 1 saturated carbocycles. The molecule has 0 spiro atoms. The number of hydrogen-bond donors (Lipinski definition) is 1. The molecule has 10 nitrogen and oxygen atoms in total. The standard InChI is InChI=1S/C29H44N4O6/c1-8-38-22-16-24(36-6)23(25(17-22)37-7)18-32(19-27(34)33-15-9-10-26(33)30-5)21-13-11-20(12-14-21)31-28(35)39-29(2,3)4/h16-17,20-21,26H,8-15,18-19H2,1-4,6-7H3,(H,31,35)/t20?,21?,26-/m0/s1. The van der Waals surface area contributed by atoms with E-state index in [1.807, 2.05) is 39.8 Å². The van der Waals surface area contributed by atoms with Gasteiger partial charge in [-0.05, 0) is 59.8 Å². The summed E-state index contributed by atoms with van der Waals surface area (Å²) in [6.45, 7) is 16.7. The molecular formula is C29H44N4O6. The van der Waals surface area contributed by atoms with E-state index in [2.05, 4.69) is 15.1 Å². The fourth-order valence-electron chi connectivity index (χ4n) is 5.38. The topological polar surface area (TPSA) is 93.9 Å². The van der Waals surface area contributed by atoms with Gasteiger partial charge < -0.3 is 24.3 Å². The minimum Gasteiger partial charge on any atom is -0.496 e. The Labute approximate surface area is 232 Å². The van der Waals surface area contributed by atoms with Gasteiger partial charge in [-0.2, -0.15) is 0 Å². The summed E-state index contributed by atoms with van der Waals surface area (Å²) in [5.41, 5.74) is 0.293. The Hall–Kier alpha value is -3.19. The van der Waals surface area contributed by atoms with E-state index in [4.69, 9.17) is 25.5 Å². The summed E-state index contributed by atoms with van der Waals surface area (Å²) in [5.74, 6) is 1.89. The van der Waals surface area contributed by atoms with Crippen molar-refractivity contribution in [2.45, 2.75) is 96.6 Å². The van der Waals surface area contributed by atoms with Crippen LogP contribution in [0.1, 0.15) is 71.8 Å². The van der Waals surface area contributed by atoms with Gasteiger partial charge in [0.25, 0.3) is 0 Å². The van der Waals surface area contributed by atoms with Crippen LogP contribution >= 0.6 is 0 Å². The smallest absolute Gasteiger partial charge is 0.407 e. The lowest BCUT2D eigenvalue weighted by Crippen LogP contribution is -2.48.